The Morgan fingerprint density at radius 1 is 1.12 bits per heavy atom. The van der Waals surface area contributed by atoms with Crippen molar-refractivity contribution in [2.75, 3.05) is 19.8 Å². The average Bonchev–Trinajstić information content (AvgIpc) is 2.32. The van der Waals surface area contributed by atoms with Crippen molar-refractivity contribution < 1.29 is 19.0 Å². The van der Waals surface area contributed by atoms with Gasteiger partial charge in [-0.3, -0.25) is 4.79 Å². The minimum atomic E-state index is -1.02. The molecule has 100 valence electrons. The zero-order chi connectivity index (χ0) is 12.6. The normalized spacial score (nSPS) is 19.5. The fraction of sp³-hybridized carbons (Fsp3) is 0.923. The summed E-state index contributed by atoms with van der Waals surface area (Å²) in [6.07, 6.45) is 7.33. The lowest BCUT2D eigenvalue weighted by Crippen LogP contribution is -2.44. The molecule has 1 saturated heterocycles. The van der Waals surface area contributed by atoms with Crippen LogP contribution in [0.1, 0.15) is 52.4 Å². The fourth-order valence-corrected chi connectivity index (χ4v) is 1.73. The number of unbranched alkanes of at least 4 members (excludes halogenated alkanes) is 5. The lowest BCUT2D eigenvalue weighted by Gasteiger charge is -2.32. The SMILES string of the molecule is CCCCCCCCOC1(C)OCC(=O)CO1. The van der Waals surface area contributed by atoms with Gasteiger partial charge < -0.3 is 14.2 Å². The van der Waals surface area contributed by atoms with Crippen molar-refractivity contribution in [3.05, 3.63) is 0 Å². The molecule has 0 bridgehead atoms. The maximum Gasteiger partial charge on any atom is 0.280 e. The fourth-order valence-electron chi connectivity index (χ4n) is 1.73. The molecule has 1 aliphatic rings. The number of Topliss-reactive ketones (excluding diaryl/α,β-unsaturated/α-hetero) is 1. The second kappa shape index (κ2) is 7.80. The molecular formula is C13H24O4. The van der Waals surface area contributed by atoms with E-state index in [4.69, 9.17) is 14.2 Å². The number of ether oxygens (including phenoxy) is 3. The van der Waals surface area contributed by atoms with Crippen LogP contribution in [-0.2, 0) is 19.0 Å². The van der Waals surface area contributed by atoms with E-state index in [-0.39, 0.29) is 19.0 Å². The summed E-state index contributed by atoms with van der Waals surface area (Å²) in [6, 6.07) is 0. The maximum absolute atomic E-state index is 10.9. The van der Waals surface area contributed by atoms with Gasteiger partial charge in [0.2, 0.25) is 0 Å². The molecule has 0 amide bonds. The quantitative estimate of drug-likeness (QED) is 0.616. The monoisotopic (exact) mass is 244 g/mol. The van der Waals surface area contributed by atoms with E-state index < -0.39 is 5.97 Å². The zero-order valence-corrected chi connectivity index (χ0v) is 11.0. The summed E-state index contributed by atoms with van der Waals surface area (Å²) < 4.78 is 16.0. The molecule has 0 aromatic heterocycles. The van der Waals surface area contributed by atoms with Crippen molar-refractivity contribution in [1.82, 2.24) is 0 Å². The Labute approximate surface area is 104 Å². The summed E-state index contributed by atoms with van der Waals surface area (Å²) in [5.41, 5.74) is 0. The molecule has 1 rings (SSSR count). The molecule has 0 aromatic rings. The summed E-state index contributed by atoms with van der Waals surface area (Å²) >= 11 is 0. The van der Waals surface area contributed by atoms with Crippen LogP contribution in [0.4, 0.5) is 0 Å². The van der Waals surface area contributed by atoms with Gasteiger partial charge in [-0.1, -0.05) is 39.0 Å². The van der Waals surface area contributed by atoms with Crippen LogP contribution < -0.4 is 0 Å². The summed E-state index contributed by atoms with van der Waals surface area (Å²) in [4.78, 5) is 10.9. The van der Waals surface area contributed by atoms with E-state index in [9.17, 15) is 4.79 Å². The van der Waals surface area contributed by atoms with Crippen molar-refractivity contribution >= 4 is 5.78 Å². The Balaban J connectivity index is 2.00. The summed E-state index contributed by atoms with van der Waals surface area (Å²) in [6.45, 7) is 4.73. The summed E-state index contributed by atoms with van der Waals surface area (Å²) in [5, 5.41) is 0. The molecule has 0 aliphatic carbocycles. The number of rotatable bonds is 8. The van der Waals surface area contributed by atoms with E-state index in [1.807, 2.05) is 0 Å². The van der Waals surface area contributed by atoms with E-state index in [0.717, 1.165) is 6.42 Å². The number of carbonyl (C=O) groups is 1. The molecular weight excluding hydrogens is 220 g/mol. The highest BCUT2D eigenvalue weighted by Crippen LogP contribution is 2.19. The number of hydrogen-bond acceptors (Lipinski definition) is 4. The van der Waals surface area contributed by atoms with Gasteiger partial charge in [-0.15, -0.1) is 0 Å². The predicted molar refractivity (Wildman–Crippen MR) is 64.6 cm³/mol. The molecule has 1 heterocycles. The molecule has 0 N–H and O–H groups in total. The van der Waals surface area contributed by atoms with Crippen molar-refractivity contribution in [3.63, 3.8) is 0 Å². The maximum atomic E-state index is 10.9. The zero-order valence-electron chi connectivity index (χ0n) is 11.0. The molecule has 0 saturated carbocycles. The molecule has 4 nitrogen and oxygen atoms in total. The topological polar surface area (TPSA) is 44.8 Å². The van der Waals surface area contributed by atoms with Gasteiger partial charge in [0, 0.05) is 6.92 Å². The second-order valence-electron chi connectivity index (χ2n) is 4.59. The first-order chi connectivity index (χ1) is 8.16. The minimum absolute atomic E-state index is 0.0364. The standard InChI is InChI=1S/C13H24O4/c1-3-4-5-6-7-8-9-15-13(2)16-10-12(14)11-17-13/h3-11H2,1-2H3. The lowest BCUT2D eigenvalue weighted by molar-refractivity contribution is -0.376. The summed E-state index contributed by atoms with van der Waals surface area (Å²) in [7, 11) is 0. The molecule has 0 unspecified atom stereocenters. The van der Waals surface area contributed by atoms with Crippen LogP contribution >= 0.6 is 0 Å². The van der Waals surface area contributed by atoms with Gasteiger partial charge in [-0.05, 0) is 6.42 Å². The van der Waals surface area contributed by atoms with Gasteiger partial charge in [-0.2, -0.15) is 0 Å². The third-order valence-electron chi connectivity index (χ3n) is 2.85. The van der Waals surface area contributed by atoms with Gasteiger partial charge in [0.05, 0.1) is 6.61 Å². The Morgan fingerprint density at radius 3 is 2.35 bits per heavy atom. The van der Waals surface area contributed by atoms with Crippen LogP contribution in [0.5, 0.6) is 0 Å². The number of hydrogen-bond donors (Lipinski definition) is 0. The smallest absolute Gasteiger partial charge is 0.280 e. The van der Waals surface area contributed by atoms with E-state index in [2.05, 4.69) is 6.92 Å². The highest BCUT2D eigenvalue weighted by atomic mass is 16.9. The molecule has 1 fully saturated rings. The summed E-state index contributed by atoms with van der Waals surface area (Å²) in [5.74, 6) is -1.05. The minimum Gasteiger partial charge on any atom is -0.328 e. The van der Waals surface area contributed by atoms with Crippen LogP contribution in [0.2, 0.25) is 0 Å². The lowest BCUT2D eigenvalue weighted by atomic mass is 10.1. The molecule has 17 heavy (non-hydrogen) atoms. The van der Waals surface area contributed by atoms with Crippen LogP contribution in [0.25, 0.3) is 0 Å². The van der Waals surface area contributed by atoms with Crippen LogP contribution in [-0.4, -0.2) is 31.6 Å². The first-order valence-electron chi connectivity index (χ1n) is 6.60. The number of ketones is 1. The Hall–Kier alpha value is -0.450. The number of carbonyl (C=O) groups excluding carboxylic acids is 1. The Morgan fingerprint density at radius 2 is 1.71 bits per heavy atom. The van der Waals surface area contributed by atoms with Crippen molar-refractivity contribution in [2.24, 2.45) is 0 Å². The van der Waals surface area contributed by atoms with E-state index >= 15 is 0 Å². The van der Waals surface area contributed by atoms with Crippen molar-refractivity contribution in [2.45, 2.75) is 58.3 Å². The molecule has 0 spiro atoms. The van der Waals surface area contributed by atoms with Gasteiger partial charge in [0.1, 0.15) is 13.2 Å². The Bertz CT molecular complexity index is 217. The predicted octanol–water partition coefficient (Wildman–Crippen LogP) is 2.65. The van der Waals surface area contributed by atoms with Gasteiger partial charge in [0.25, 0.3) is 5.97 Å². The third kappa shape index (κ3) is 6.15. The molecule has 0 atom stereocenters. The van der Waals surface area contributed by atoms with E-state index in [0.29, 0.717) is 6.61 Å². The molecule has 4 heteroatoms. The van der Waals surface area contributed by atoms with E-state index in [1.165, 1.54) is 32.1 Å². The van der Waals surface area contributed by atoms with Crippen molar-refractivity contribution in [3.8, 4) is 0 Å². The highest BCUT2D eigenvalue weighted by molar-refractivity contribution is 5.81. The first kappa shape index (κ1) is 14.6. The van der Waals surface area contributed by atoms with Crippen LogP contribution in [0, 0.1) is 0 Å². The van der Waals surface area contributed by atoms with Crippen LogP contribution in [0.3, 0.4) is 0 Å². The molecule has 0 aromatic carbocycles. The first-order valence-corrected chi connectivity index (χ1v) is 6.60. The Kier molecular flexibility index (Phi) is 6.70. The second-order valence-corrected chi connectivity index (χ2v) is 4.59. The third-order valence-corrected chi connectivity index (χ3v) is 2.85. The largest absolute Gasteiger partial charge is 0.328 e. The van der Waals surface area contributed by atoms with Gasteiger partial charge in [-0.25, -0.2) is 0 Å². The average molecular weight is 244 g/mol. The highest BCUT2D eigenvalue weighted by Gasteiger charge is 2.32. The van der Waals surface area contributed by atoms with Crippen LogP contribution in [0.15, 0.2) is 0 Å². The van der Waals surface area contributed by atoms with Gasteiger partial charge >= 0.3 is 0 Å². The van der Waals surface area contributed by atoms with Crippen molar-refractivity contribution in [1.29, 1.82) is 0 Å². The molecule has 1 aliphatic heterocycles. The van der Waals surface area contributed by atoms with Gasteiger partial charge in [0.15, 0.2) is 5.78 Å². The van der Waals surface area contributed by atoms with E-state index in [1.54, 1.807) is 6.92 Å². The molecule has 0 radical (unpaired) electrons.